The minimum absolute atomic E-state index is 0. The maximum absolute atomic E-state index is 12.4. The van der Waals surface area contributed by atoms with Crippen LogP contribution in [0.1, 0.15) is 24.0 Å². The molecule has 1 amide bonds. The van der Waals surface area contributed by atoms with Crippen molar-refractivity contribution in [2.45, 2.75) is 26.3 Å². The van der Waals surface area contributed by atoms with E-state index in [1.165, 1.54) is 0 Å². The molecule has 2 heterocycles. The van der Waals surface area contributed by atoms with Crippen molar-refractivity contribution in [1.82, 2.24) is 15.6 Å². The molecule has 1 saturated heterocycles. The summed E-state index contributed by atoms with van der Waals surface area (Å²) < 4.78 is 5.21. The van der Waals surface area contributed by atoms with Gasteiger partial charge in [0.15, 0.2) is 0 Å². The van der Waals surface area contributed by atoms with Crippen LogP contribution in [0.5, 0.6) is 0 Å². The molecule has 20 heavy (non-hydrogen) atoms. The Morgan fingerprint density at radius 1 is 1.65 bits per heavy atom. The lowest BCUT2D eigenvalue weighted by Crippen LogP contribution is -2.45. The van der Waals surface area contributed by atoms with E-state index in [1.54, 1.807) is 18.4 Å². The number of hydrogen-bond acceptors (Lipinski definition) is 5. The second kappa shape index (κ2) is 7.93. The zero-order valence-corrected chi connectivity index (χ0v) is 13.5. The molecule has 1 aromatic heterocycles. The van der Waals surface area contributed by atoms with Crippen molar-refractivity contribution in [2.75, 3.05) is 26.8 Å². The molecule has 7 heteroatoms. The molecule has 0 aliphatic carbocycles. The van der Waals surface area contributed by atoms with E-state index in [4.69, 9.17) is 4.74 Å². The summed E-state index contributed by atoms with van der Waals surface area (Å²) in [7, 11) is 1.64. The molecule has 2 N–H and O–H groups in total. The summed E-state index contributed by atoms with van der Waals surface area (Å²) in [5.74, 6) is 0.0606. The number of ether oxygens (including phenoxy) is 1. The number of hydrogen-bond donors (Lipinski definition) is 2. The van der Waals surface area contributed by atoms with Crippen molar-refractivity contribution in [3.8, 4) is 0 Å². The highest BCUT2D eigenvalue weighted by atomic mass is 35.5. The number of methoxy groups -OCH3 is 1. The Balaban J connectivity index is 0.00000200. The van der Waals surface area contributed by atoms with Gasteiger partial charge in [-0.05, 0) is 19.4 Å². The summed E-state index contributed by atoms with van der Waals surface area (Å²) in [6, 6.07) is 0. The second-order valence-corrected chi connectivity index (χ2v) is 5.85. The molecule has 1 unspecified atom stereocenters. The fraction of sp³-hybridized carbons (Fsp3) is 0.692. The lowest BCUT2D eigenvalue weighted by Gasteiger charge is -2.25. The summed E-state index contributed by atoms with van der Waals surface area (Å²) in [6.45, 7) is 4.60. The Morgan fingerprint density at radius 2 is 2.45 bits per heavy atom. The molecular weight excluding hydrogens is 298 g/mol. The average molecular weight is 320 g/mol. The van der Waals surface area contributed by atoms with Crippen molar-refractivity contribution in [1.29, 1.82) is 0 Å². The number of amides is 1. The molecule has 114 valence electrons. The molecule has 5 nitrogen and oxygen atoms in total. The number of nitrogens with one attached hydrogen (secondary N) is 2. The van der Waals surface area contributed by atoms with Crippen LogP contribution in [0.3, 0.4) is 0 Å². The molecule has 0 saturated carbocycles. The van der Waals surface area contributed by atoms with Crippen molar-refractivity contribution in [2.24, 2.45) is 5.41 Å². The van der Waals surface area contributed by atoms with E-state index < -0.39 is 5.41 Å². The predicted octanol–water partition coefficient (Wildman–Crippen LogP) is 1.37. The maximum Gasteiger partial charge on any atom is 0.230 e. The van der Waals surface area contributed by atoms with Crippen LogP contribution in [0.15, 0.2) is 5.38 Å². The first kappa shape index (κ1) is 17.4. The number of aromatic nitrogens is 1. The quantitative estimate of drug-likeness (QED) is 0.831. The van der Waals surface area contributed by atoms with Gasteiger partial charge in [-0.15, -0.1) is 23.7 Å². The standard InChI is InChI=1S/C13H21N3O2S.ClH/c1-3-11-16-10(7-19-11)6-15-12(17)13(9-18-2)4-5-14-8-13;/h7,14H,3-6,8-9H2,1-2H3,(H,15,17);1H. The van der Waals surface area contributed by atoms with Crippen LogP contribution in [0.2, 0.25) is 0 Å². The van der Waals surface area contributed by atoms with Crippen molar-refractivity contribution < 1.29 is 9.53 Å². The van der Waals surface area contributed by atoms with E-state index in [2.05, 4.69) is 22.5 Å². The summed E-state index contributed by atoms with van der Waals surface area (Å²) in [5, 5.41) is 9.34. The highest BCUT2D eigenvalue weighted by Gasteiger charge is 2.41. The zero-order chi connectivity index (χ0) is 13.7. The normalized spacial score (nSPS) is 21.5. The second-order valence-electron chi connectivity index (χ2n) is 4.91. The molecule has 0 aromatic carbocycles. The molecule has 1 aliphatic rings. The van der Waals surface area contributed by atoms with Crippen LogP contribution >= 0.6 is 23.7 Å². The number of aryl methyl sites for hydroxylation is 1. The molecule has 0 spiro atoms. The first-order valence-corrected chi connectivity index (χ1v) is 7.49. The molecule has 1 atom stereocenters. The highest BCUT2D eigenvalue weighted by molar-refractivity contribution is 7.09. The lowest BCUT2D eigenvalue weighted by atomic mass is 9.87. The first-order valence-electron chi connectivity index (χ1n) is 6.61. The smallest absolute Gasteiger partial charge is 0.230 e. The van der Waals surface area contributed by atoms with Crippen LogP contribution in [0, 0.1) is 5.41 Å². The van der Waals surface area contributed by atoms with Crippen LogP contribution in [0.4, 0.5) is 0 Å². The third-order valence-electron chi connectivity index (χ3n) is 3.48. The van der Waals surface area contributed by atoms with Gasteiger partial charge in [-0.2, -0.15) is 0 Å². The van der Waals surface area contributed by atoms with E-state index in [1.807, 2.05) is 5.38 Å². The summed E-state index contributed by atoms with van der Waals surface area (Å²) in [6.07, 6.45) is 1.76. The number of nitrogens with zero attached hydrogens (tertiary/aromatic N) is 1. The SMILES string of the molecule is CCc1nc(CNC(=O)C2(COC)CCNC2)cs1.Cl. The fourth-order valence-corrected chi connectivity index (χ4v) is 3.10. The first-order chi connectivity index (χ1) is 9.20. The van der Waals surface area contributed by atoms with Crippen molar-refractivity contribution in [3.63, 3.8) is 0 Å². The minimum Gasteiger partial charge on any atom is -0.384 e. The fourth-order valence-electron chi connectivity index (χ4n) is 2.35. The van der Waals surface area contributed by atoms with E-state index >= 15 is 0 Å². The Bertz CT molecular complexity index is 433. The molecule has 1 aromatic rings. The zero-order valence-electron chi connectivity index (χ0n) is 11.9. The molecule has 0 radical (unpaired) electrons. The van der Waals surface area contributed by atoms with Gasteiger partial charge >= 0.3 is 0 Å². The molecule has 0 bridgehead atoms. The number of rotatable bonds is 6. The number of carbonyl (C=O) groups excluding carboxylic acids is 1. The molecule has 2 rings (SSSR count). The van der Waals surface area contributed by atoms with Gasteiger partial charge in [0.25, 0.3) is 0 Å². The molecular formula is C13H22ClN3O2S. The Kier molecular flexibility index (Phi) is 6.88. The minimum atomic E-state index is -0.418. The Morgan fingerprint density at radius 3 is 3.00 bits per heavy atom. The summed E-state index contributed by atoms with van der Waals surface area (Å²) in [5.41, 5.74) is 0.520. The van der Waals surface area contributed by atoms with Crippen LogP contribution < -0.4 is 10.6 Å². The van der Waals surface area contributed by atoms with Crippen molar-refractivity contribution in [3.05, 3.63) is 16.1 Å². The van der Waals surface area contributed by atoms with Crippen LogP contribution in [0.25, 0.3) is 0 Å². The van der Waals surface area contributed by atoms with Gasteiger partial charge in [-0.25, -0.2) is 4.98 Å². The predicted molar refractivity (Wildman–Crippen MR) is 82.4 cm³/mol. The van der Waals surface area contributed by atoms with Gasteiger partial charge in [0, 0.05) is 19.0 Å². The molecule has 1 fully saturated rings. The van der Waals surface area contributed by atoms with E-state index in [0.717, 1.165) is 30.1 Å². The van der Waals surface area contributed by atoms with E-state index in [0.29, 0.717) is 19.7 Å². The van der Waals surface area contributed by atoms with E-state index in [-0.39, 0.29) is 18.3 Å². The van der Waals surface area contributed by atoms with Gasteiger partial charge in [-0.1, -0.05) is 6.92 Å². The van der Waals surface area contributed by atoms with Gasteiger partial charge in [0.2, 0.25) is 5.91 Å². The van der Waals surface area contributed by atoms with Gasteiger partial charge in [-0.3, -0.25) is 4.79 Å². The maximum atomic E-state index is 12.4. The number of halogens is 1. The summed E-state index contributed by atoms with van der Waals surface area (Å²) in [4.78, 5) is 16.8. The van der Waals surface area contributed by atoms with E-state index in [9.17, 15) is 4.79 Å². The lowest BCUT2D eigenvalue weighted by molar-refractivity contribution is -0.133. The van der Waals surface area contributed by atoms with Gasteiger partial charge in [0.05, 0.1) is 29.3 Å². The topological polar surface area (TPSA) is 63.2 Å². The van der Waals surface area contributed by atoms with Crippen LogP contribution in [-0.2, 0) is 22.5 Å². The Labute approximate surface area is 129 Å². The van der Waals surface area contributed by atoms with Crippen molar-refractivity contribution >= 4 is 29.7 Å². The summed E-state index contributed by atoms with van der Waals surface area (Å²) >= 11 is 1.64. The Hall–Kier alpha value is -0.690. The highest BCUT2D eigenvalue weighted by Crippen LogP contribution is 2.26. The monoisotopic (exact) mass is 319 g/mol. The molecule has 1 aliphatic heterocycles. The van der Waals surface area contributed by atoms with Crippen LogP contribution in [-0.4, -0.2) is 37.7 Å². The third-order valence-corrected chi connectivity index (χ3v) is 4.52. The largest absolute Gasteiger partial charge is 0.384 e. The average Bonchev–Trinajstić information content (AvgIpc) is 3.05. The number of thiazole rings is 1. The number of carbonyl (C=O) groups is 1. The van der Waals surface area contributed by atoms with Gasteiger partial charge < -0.3 is 15.4 Å². The third kappa shape index (κ3) is 3.91. The van der Waals surface area contributed by atoms with Gasteiger partial charge in [0.1, 0.15) is 0 Å².